The maximum absolute atomic E-state index is 13.3. The molecule has 0 N–H and O–H groups in total. The van der Waals surface area contributed by atoms with E-state index in [4.69, 9.17) is 16.3 Å². The zero-order chi connectivity index (χ0) is 20.9. The van der Waals surface area contributed by atoms with Crippen LogP contribution in [0.3, 0.4) is 0 Å². The molecule has 2 aromatic carbocycles. The Hall–Kier alpha value is -1.95. The first-order valence-electron chi connectivity index (χ1n) is 10.7. The molecule has 1 saturated heterocycles. The highest BCUT2D eigenvalue weighted by molar-refractivity contribution is 6.30. The largest absolute Gasteiger partial charge is 0.374 e. The van der Waals surface area contributed by atoms with Crippen molar-refractivity contribution >= 4 is 17.5 Å². The lowest BCUT2D eigenvalue weighted by atomic mass is 10.1. The molecule has 1 aliphatic carbocycles. The van der Waals surface area contributed by atoms with Crippen LogP contribution in [0.2, 0.25) is 5.02 Å². The third-order valence-electron chi connectivity index (χ3n) is 6.06. The van der Waals surface area contributed by atoms with Crippen molar-refractivity contribution in [2.24, 2.45) is 0 Å². The Kier molecular flexibility index (Phi) is 7.03. The number of morpholine rings is 1. The van der Waals surface area contributed by atoms with E-state index < -0.39 is 0 Å². The van der Waals surface area contributed by atoms with Crippen LogP contribution in [0.5, 0.6) is 0 Å². The predicted octanol–water partition coefficient (Wildman–Crippen LogP) is 4.76. The molecular weight excluding hydrogens is 403 g/mol. The van der Waals surface area contributed by atoms with Crippen LogP contribution in [0.15, 0.2) is 48.5 Å². The second kappa shape index (κ2) is 9.90. The standard InChI is InChI=1S/C24H28ClFN2O2/c25-20-9-5-18(6-10-20)15-27-13-14-30-23(16-27)17-28(22-3-1-2-4-22)24(29)19-7-11-21(26)12-8-19/h5-12,22-23H,1-4,13-17H2/t23-/m0/s1. The number of ether oxygens (including phenoxy) is 1. The van der Waals surface area contributed by atoms with Crippen LogP contribution in [0.1, 0.15) is 41.6 Å². The third kappa shape index (κ3) is 5.39. The fraction of sp³-hybridized carbons (Fsp3) is 0.458. The van der Waals surface area contributed by atoms with Crippen molar-refractivity contribution in [1.82, 2.24) is 9.80 Å². The van der Waals surface area contributed by atoms with E-state index in [0.717, 1.165) is 50.3 Å². The molecule has 4 rings (SSSR count). The highest BCUT2D eigenvalue weighted by Gasteiger charge is 2.31. The molecule has 1 aliphatic heterocycles. The summed E-state index contributed by atoms with van der Waals surface area (Å²) in [6.45, 7) is 3.71. The van der Waals surface area contributed by atoms with E-state index in [1.165, 1.54) is 17.7 Å². The minimum atomic E-state index is -0.326. The van der Waals surface area contributed by atoms with Gasteiger partial charge in [-0.2, -0.15) is 0 Å². The van der Waals surface area contributed by atoms with Gasteiger partial charge in [-0.25, -0.2) is 4.39 Å². The Morgan fingerprint density at radius 2 is 1.80 bits per heavy atom. The third-order valence-corrected chi connectivity index (χ3v) is 6.31. The Balaban J connectivity index is 1.43. The number of amides is 1. The molecule has 0 radical (unpaired) electrons. The summed E-state index contributed by atoms with van der Waals surface area (Å²) in [6.07, 6.45) is 4.30. The maximum atomic E-state index is 13.3. The van der Waals surface area contributed by atoms with Gasteiger partial charge >= 0.3 is 0 Å². The first-order valence-corrected chi connectivity index (χ1v) is 11.1. The lowest BCUT2D eigenvalue weighted by molar-refractivity contribution is -0.0468. The van der Waals surface area contributed by atoms with Crippen LogP contribution < -0.4 is 0 Å². The molecule has 0 bridgehead atoms. The Labute approximate surface area is 182 Å². The lowest BCUT2D eigenvalue weighted by Crippen LogP contribution is -2.50. The average molecular weight is 431 g/mol. The number of benzene rings is 2. The Morgan fingerprint density at radius 3 is 2.50 bits per heavy atom. The summed E-state index contributed by atoms with van der Waals surface area (Å²) in [5.41, 5.74) is 1.76. The normalized spacial score (nSPS) is 20.4. The number of halogens is 2. The minimum Gasteiger partial charge on any atom is -0.374 e. The monoisotopic (exact) mass is 430 g/mol. The molecule has 1 heterocycles. The number of hydrogen-bond donors (Lipinski definition) is 0. The van der Waals surface area contributed by atoms with Gasteiger partial charge in [0, 0.05) is 42.8 Å². The molecule has 1 atom stereocenters. The molecule has 1 saturated carbocycles. The molecule has 0 aromatic heterocycles. The van der Waals surface area contributed by atoms with Crippen molar-refractivity contribution in [2.75, 3.05) is 26.2 Å². The number of rotatable bonds is 6. The van der Waals surface area contributed by atoms with Crippen LogP contribution in [0.25, 0.3) is 0 Å². The van der Waals surface area contributed by atoms with Crippen LogP contribution in [-0.2, 0) is 11.3 Å². The van der Waals surface area contributed by atoms with E-state index in [2.05, 4.69) is 17.0 Å². The molecule has 1 amide bonds. The van der Waals surface area contributed by atoms with E-state index in [0.29, 0.717) is 18.7 Å². The highest BCUT2D eigenvalue weighted by Crippen LogP contribution is 2.26. The van der Waals surface area contributed by atoms with Crippen molar-refractivity contribution in [3.05, 3.63) is 70.5 Å². The topological polar surface area (TPSA) is 32.8 Å². The van der Waals surface area contributed by atoms with Crippen molar-refractivity contribution in [3.8, 4) is 0 Å². The molecule has 0 unspecified atom stereocenters. The van der Waals surface area contributed by atoms with Gasteiger partial charge in [0.2, 0.25) is 0 Å². The van der Waals surface area contributed by atoms with Crippen LogP contribution >= 0.6 is 11.6 Å². The lowest BCUT2D eigenvalue weighted by Gasteiger charge is -2.38. The first kappa shape index (κ1) is 21.3. The van der Waals surface area contributed by atoms with Gasteiger partial charge < -0.3 is 9.64 Å². The quantitative estimate of drug-likeness (QED) is 0.662. The van der Waals surface area contributed by atoms with Gasteiger partial charge in [0.15, 0.2) is 0 Å². The van der Waals surface area contributed by atoms with Gasteiger partial charge in [-0.1, -0.05) is 36.6 Å². The van der Waals surface area contributed by atoms with E-state index in [9.17, 15) is 9.18 Å². The number of carbonyl (C=O) groups is 1. The number of hydrogen-bond acceptors (Lipinski definition) is 3. The second-order valence-electron chi connectivity index (χ2n) is 8.26. The molecular formula is C24H28ClFN2O2. The van der Waals surface area contributed by atoms with E-state index in [-0.39, 0.29) is 23.9 Å². The fourth-order valence-corrected chi connectivity index (χ4v) is 4.60. The first-order chi connectivity index (χ1) is 14.6. The maximum Gasteiger partial charge on any atom is 0.254 e. The summed E-state index contributed by atoms with van der Waals surface area (Å²) in [5, 5.41) is 0.741. The molecule has 0 spiro atoms. The number of carbonyl (C=O) groups excluding carboxylic acids is 1. The summed E-state index contributed by atoms with van der Waals surface area (Å²) < 4.78 is 19.4. The van der Waals surface area contributed by atoms with Crippen molar-refractivity contribution in [3.63, 3.8) is 0 Å². The highest BCUT2D eigenvalue weighted by atomic mass is 35.5. The molecule has 6 heteroatoms. The molecule has 30 heavy (non-hydrogen) atoms. The van der Waals surface area contributed by atoms with E-state index >= 15 is 0 Å². The van der Waals surface area contributed by atoms with Gasteiger partial charge in [-0.15, -0.1) is 0 Å². The Morgan fingerprint density at radius 1 is 1.10 bits per heavy atom. The predicted molar refractivity (Wildman–Crippen MR) is 116 cm³/mol. The zero-order valence-corrected chi connectivity index (χ0v) is 17.9. The fourth-order valence-electron chi connectivity index (χ4n) is 4.47. The van der Waals surface area contributed by atoms with Gasteiger partial charge in [0.1, 0.15) is 5.82 Å². The molecule has 160 valence electrons. The Bertz CT molecular complexity index is 837. The SMILES string of the molecule is O=C(c1ccc(F)cc1)N(C[C@@H]1CN(Cc2ccc(Cl)cc2)CCO1)C1CCCC1. The molecule has 2 aromatic rings. The summed E-state index contributed by atoms with van der Waals surface area (Å²) in [7, 11) is 0. The van der Waals surface area contributed by atoms with Crippen LogP contribution in [0, 0.1) is 5.82 Å². The van der Waals surface area contributed by atoms with Crippen LogP contribution in [0.4, 0.5) is 4.39 Å². The van der Waals surface area contributed by atoms with Crippen molar-refractivity contribution < 1.29 is 13.9 Å². The molecule has 2 fully saturated rings. The molecule has 4 nitrogen and oxygen atoms in total. The van der Waals surface area contributed by atoms with Gasteiger partial charge in [-0.05, 0) is 54.8 Å². The summed E-state index contributed by atoms with van der Waals surface area (Å²) in [5.74, 6) is -0.354. The van der Waals surface area contributed by atoms with Gasteiger partial charge in [-0.3, -0.25) is 9.69 Å². The average Bonchev–Trinajstić information content (AvgIpc) is 3.29. The van der Waals surface area contributed by atoms with E-state index in [1.54, 1.807) is 12.1 Å². The minimum absolute atomic E-state index is 0.0275. The summed E-state index contributed by atoms with van der Waals surface area (Å²) >= 11 is 5.99. The van der Waals surface area contributed by atoms with Crippen LogP contribution in [-0.4, -0.2) is 54.1 Å². The molecule has 2 aliphatic rings. The van der Waals surface area contributed by atoms with Crippen molar-refractivity contribution in [2.45, 2.75) is 44.4 Å². The summed E-state index contributed by atoms with van der Waals surface area (Å²) in [4.78, 5) is 17.6. The number of nitrogens with zero attached hydrogens (tertiary/aromatic N) is 2. The second-order valence-corrected chi connectivity index (χ2v) is 8.69. The zero-order valence-electron chi connectivity index (χ0n) is 17.1. The van der Waals surface area contributed by atoms with E-state index in [1.807, 2.05) is 17.0 Å². The smallest absolute Gasteiger partial charge is 0.254 e. The van der Waals surface area contributed by atoms with Gasteiger partial charge in [0.25, 0.3) is 5.91 Å². The van der Waals surface area contributed by atoms with Crippen molar-refractivity contribution in [1.29, 1.82) is 0 Å². The van der Waals surface area contributed by atoms with Gasteiger partial charge in [0.05, 0.1) is 12.7 Å². The summed E-state index contributed by atoms with van der Waals surface area (Å²) in [6, 6.07) is 14.0.